The molecule has 0 radical (unpaired) electrons. The molecule has 0 unspecified atom stereocenters. The predicted molar refractivity (Wildman–Crippen MR) is 70.9 cm³/mol. The summed E-state index contributed by atoms with van der Waals surface area (Å²) >= 11 is 1.51. The van der Waals surface area contributed by atoms with Gasteiger partial charge < -0.3 is 0 Å². The fourth-order valence-corrected chi connectivity index (χ4v) is 4.08. The van der Waals surface area contributed by atoms with Gasteiger partial charge in [-0.25, -0.2) is 13.4 Å². The van der Waals surface area contributed by atoms with E-state index in [2.05, 4.69) is 4.98 Å². The maximum atomic E-state index is 12.1. The first-order valence-corrected chi connectivity index (χ1v) is 8.61. The largest absolute Gasteiger partial charge is 0.284 e. The summed E-state index contributed by atoms with van der Waals surface area (Å²) in [5, 5.41) is 0. The first kappa shape index (κ1) is 13.9. The second-order valence-electron chi connectivity index (χ2n) is 4.35. The normalized spacial score (nSPS) is 18.7. The minimum atomic E-state index is -3.31. The number of thiazole rings is 1. The van der Waals surface area contributed by atoms with Gasteiger partial charge in [0.2, 0.25) is 10.0 Å². The van der Waals surface area contributed by atoms with Crippen molar-refractivity contribution in [3.05, 3.63) is 16.1 Å². The van der Waals surface area contributed by atoms with E-state index >= 15 is 0 Å². The molecule has 1 aromatic heterocycles. The Bertz CT molecular complexity index is 476. The summed E-state index contributed by atoms with van der Waals surface area (Å²) in [6, 6.07) is 0. The molecule has 0 amide bonds. The molecule has 0 aromatic carbocycles. The van der Waals surface area contributed by atoms with Crippen molar-refractivity contribution >= 4 is 21.4 Å². The topological polar surface area (TPSA) is 59.5 Å². The fraction of sp³-hybridized carbons (Fsp3) is 0.727. The second kappa shape index (κ2) is 6.10. The molecule has 2 rings (SSSR count). The Balaban J connectivity index is 1.96. The van der Waals surface area contributed by atoms with E-state index in [4.69, 9.17) is 4.84 Å². The number of sulfonamides is 1. The molecule has 2 heterocycles. The number of hydrogen-bond acceptors (Lipinski definition) is 5. The van der Waals surface area contributed by atoms with E-state index in [0.29, 0.717) is 19.6 Å². The molecule has 0 bridgehead atoms. The Morgan fingerprint density at radius 2 is 2.28 bits per heavy atom. The standard InChI is InChI=1S/C11H18N2O3S2/c1-10-11(17-9-12-10)5-8-18(14,15)13-6-3-2-4-7-16-13/h9H,2-8H2,1H3. The Morgan fingerprint density at radius 1 is 1.44 bits per heavy atom. The zero-order chi connectivity index (χ0) is 13.0. The van der Waals surface area contributed by atoms with Gasteiger partial charge in [-0.05, 0) is 32.6 Å². The summed E-state index contributed by atoms with van der Waals surface area (Å²) in [6.45, 7) is 2.88. The lowest BCUT2D eigenvalue weighted by Gasteiger charge is -2.18. The molecule has 1 saturated heterocycles. The van der Waals surface area contributed by atoms with Crippen LogP contribution in [-0.4, -0.2) is 36.8 Å². The van der Waals surface area contributed by atoms with E-state index in [1.807, 2.05) is 6.92 Å². The fourth-order valence-electron chi connectivity index (χ4n) is 1.86. The zero-order valence-electron chi connectivity index (χ0n) is 10.5. The van der Waals surface area contributed by atoms with E-state index in [9.17, 15) is 8.42 Å². The summed E-state index contributed by atoms with van der Waals surface area (Å²) in [5.74, 6) is 0.0933. The van der Waals surface area contributed by atoms with Crippen LogP contribution in [0.2, 0.25) is 0 Å². The van der Waals surface area contributed by atoms with Crippen molar-refractivity contribution in [1.29, 1.82) is 0 Å². The first-order chi connectivity index (χ1) is 8.59. The van der Waals surface area contributed by atoms with Gasteiger partial charge in [-0.3, -0.25) is 4.84 Å². The lowest BCUT2D eigenvalue weighted by Crippen LogP contribution is -2.33. The summed E-state index contributed by atoms with van der Waals surface area (Å²) in [4.78, 5) is 10.5. The average molecular weight is 290 g/mol. The van der Waals surface area contributed by atoms with Crippen molar-refractivity contribution in [2.45, 2.75) is 32.6 Å². The highest BCUT2D eigenvalue weighted by molar-refractivity contribution is 7.88. The third-order valence-electron chi connectivity index (χ3n) is 2.96. The summed E-state index contributed by atoms with van der Waals surface area (Å²) in [6.07, 6.45) is 3.34. The molecule has 1 aliphatic heterocycles. The van der Waals surface area contributed by atoms with Gasteiger partial charge in [0.25, 0.3) is 0 Å². The number of hydrogen-bond donors (Lipinski definition) is 0. The highest BCUT2D eigenvalue weighted by Gasteiger charge is 2.24. The summed E-state index contributed by atoms with van der Waals surface area (Å²) < 4.78 is 25.4. The lowest BCUT2D eigenvalue weighted by molar-refractivity contribution is -0.0747. The van der Waals surface area contributed by atoms with E-state index in [1.165, 1.54) is 15.8 Å². The molecule has 5 nitrogen and oxygen atoms in total. The van der Waals surface area contributed by atoms with Gasteiger partial charge in [-0.15, -0.1) is 11.3 Å². The second-order valence-corrected chi connectivity index (χ2v) is 7.27. The maximum absolute atomic E-state index is 12.1. The average Bonchev–Trinajstić information content (AvgIpc) is 2.59. The highest BCUT2D eigenvalue weighted by Crippen LogP contribution is 2.17. The number of hydroxylamine groups is 1. The molecule has 7 heteroatoms. The van der Waals surface area contributed by atoms with Crippen LogP contribution < -0.4 is 0 Å². The van der Waals surface area contributed by atoms with E-state index in [0.717, 1.165) is 29.8 Å². The molecular formula is C11H18N2O3S2. The van der Waals surface area contributed by atoms with E-state index in [-0.39, 0.29) is 5.75 Å². The molecule has 0 aliphatic carbocycles. The Labute approximate surface area is 112 Å². The van der Waals surface area contributed by atoms with Crippen LogP contribution in [0.4, 0.5) is 0 Å². The third-order valence-corrected chi connectivity index (χ3v) is 5.59. The molecular weight excluding hydrogens is 272 g/mol. The van der Waals surface area contributed by atoms with Gasteiger partial charge in [0, 0.05) is 11.4 Å². The van der Waals surface area contributed by atoms with Crippen LogP contribution in [0.25, 0.3) is 0 Å². The zero-order valence-corrected chi connectivity index (χ0v) is 12.1. The molecule has 0 spiro atoms. The molecule has 18 heavy (non-hydrogen) atoms. The van der Waals surface area contributed by atoms with E-state index < -0.39 is 10.0 Å². The van der Waals surface area contributed by atoms with Crippen LogP contribution >= 0.6 is 11.3 Å². The van der Waals surface area contributed by atoms with Crippen LogP contribution in [0.5, 0.6) is 0 Å². The van der Waals surface area contributed by atoms with Crippen molar-refractivity contribution in [2.75, 3.05) is 18.9 Å². The van der Waals surface area contributed by atoms with Crippen LogP contribution in [-0.2, 0) is 21.3 Å². The lowest BCUT2D eigenvalue weighted by atomic mass is 10.2. The Hall–Kier alpha value is -0.500. The van der Waals surface area contributed by atoms with E-state index in [1.54, 1.807) is 5.51 Å². The Kier molecular flexibility index (Phi) is 4.71. The molecule has 0 atom stereocenters. The monoisotopic (exact) mass is 290 g/mol. The molecule has 0 saturated carbocycles. The van der Waals surface area contributed by atoms with Gasteiger partial charge in [-0.1, -0.05) is 4.47 Å². The van der Waals surface area contributed by atoms with Crippen LogP contribution in [0.15, 0.2) is 5.51 Å². The van der Waals surface area contributed by atoms with Gasteiger partial charge in [0.15, 0.2) is 0 Å². The summed E-state index contributed by atoms with van der Waals surface area (Å²) in [5.41, 5.74) is 2.67. The molecule has 1 fully saturated rings. The molecule has 0 N–H and O–H groups in total. The summed E-state index contributed by atoms with van der Waals surface area (Å²) in [7, 11) is -3.31. The number of aromatic nitrogens is 1. The van der Waals surface area contributed by atoms with Crippen molar-refractivity contribution in [1.82, 2.24) is 9.45 Å². The first-order valence-electron chi connectivity index (χ1n) is 6.12. The minimum absolute atomic E-state index is 0.0933. The number of rotatable bonds is 4. The quantitative estimate of drug-likeness (QED) is 0.847. The van der Waals surface area contributed by atoms with Crippen molar-refractivity contribution in [3.63, 3.8) is 0 Å². The van der Waals surface area contributed by atoms with Gasteiger partial charge in [-0.2, -0.15) is 0 Å². The molecule has 1 aliphatic rings. The van der Waals surface area contributed by atoms with Gasteiger partial charge in [0.05, 0.1) is 23.6 Å². The number of nitrogens with zero attached hydrogens (tertiary/aromatic N) is 2. The predicted octanol–water partition coefficient (Wildman–Crippen LogP) is 1.74. The van der Waals surface area contributed by atoms with Gasteiger partial charge >= 0.3 is 0 Å². The maximum Gasteiger partial charge on any atom is 0.236 e. The molecule has 1 aromatic rings. The smallest absolute Gasteiger partial charge is 0.236 e. The number of aryl methyl sites for hydroxylation is 2. The van der Waals surface area contributed by atoms with Crippen molar-refractivity contribution in [3.8, 4) is 0 Å². The van der Waals surface area contributed by atoms with Crippen LogP contribution in [0.1, 0.15) is 29.8 Å². The Morgan fingerprint density at radius 3 is 3.00 bits per heavy atom. The third kappa shape index (κ3) is 3.50. The van der Waals surface area contributed by atoms with Crippen LogP contribution in [0, 0.1) is 6.92 Å². The minimum Gasteiger partial charge on any atom is -0.284 e. The SMILES string of the molecule is Cc1ncsc1CCS(=O)(=O)N1CCCCCO1. The van der Waals surface area contributed by atoms with Gasteiger partial charge in [0.1, 0.15) is 0 Å². The van der Waals surface area contributed by atoms with Crippen molar-refractivity contribution in [2.24, 2.45) is 0 Å². The van der Waals surface area contributed by atoms with Crippen LogP contribution in [0.3, 0.4) is 0 Å². The molecule has 102 valence electrons. The van der Waals surface area contributed by atoms with Crippen molar-refractivity contribution < 1.29 is 13.3 Å². The highest BCUT2D eigenvalue weighted by atomic mass is 32.2.